The number of benzene rings is 1. The van der Waals surface area contributed by atoms with Gasteiger partial charge in [-0.2, -0.15) is 0 Å². The Labute approximate surface area is 152 Å². The summed E-state index contributed by atoms with van der Waals surface area (Å²) in [5.74, 6) is -0.730. The van der Waals surface area contributed by atoms with Gasteiger partial charge in [0.1, 0.15) is 0 Å². The Morgan fingerprint density at radius 3 is 2.56 bits per heavy atom. The number of halogens is 1. The van der Waals surface area contributed by atoms with E-state index in [-0.39, 0.29) is 21.4 Å². The lowest BCUT2D eigenvalue weighted by Crippen LogP contribution is -2.33. The molecule has 0 aromatic heterocycles. The van der Waals surface area contributed by atoms with Crippen LogP contribution in [0.2, 0.25) is 5.02 Å². The van der Waals surface area contributed by atoms with Crippen LogP contribution in [0.25, 0.3) is 0 Å². The molecule has 8 heteroatoms. The molecule has 1 aromatic carbocycles. The Kier molecular flexibility index (Phi) is 6.84. The molecule has 25 heavy (non-hydrogen) atoms. The molecule has 138 valence electrons. The van der Waals surface area contributed by atoms with Gasteiger partial charge in [0.2, 0.25) is 0 Å². The Morgan fingerprint density at radius 1 is 1.24 bits per heavy atom. The first-order valence-corrected chi connectivity index (χ1v) is 10.5. The van der Waals surface area contributed by atoms with Crippen LogP contribution in [0.5, 0.6) is 0 Å². The van der Waals surface area contributed by atoms with E-state index in [1.54, 1.807) is 0 Å². The summed E-state index contributed by atoms with van der Waals surface area (Å²) < 4.78 is 28.1. The molecule has 1 amide bonds. The summed E-state index contributed by atoms with van der Waals surface area (Å²) in [7, 11) is -3.47. The Bertz CT molecular complexity index is 741. The summed E-state index contributed by atoms with van der Waals surface area (Å²) >= 11 is 5.92. The highest BCUT2D eigenvalue weighted by Crippen LogP contribution is 2.23. The van der Waals surface area contributed by atoms with E-state index in [9.17, 15) is 18.0 Å². The van der Waals surface area contributed by atoms with Crippen molar-refractivity contribution in [1.82, 2.24) is 5.32 Å². The van der Waals surface area contributed by atoms with Gasteiger partial charge in [-0.3, -0.25) is 4.79 Å². The second-order valence-electron chi connectivity index (χ2n) is 6.30. The van der Waals surface area contributed by atoms with Crippen LogP contribution in [0, 0.1) is 5.92 Å². The molecule has 1 saturated carbocycles. The maximum absolute atomic E-state index is 12.1. The Hall–Kier alpha value is -1.60. The predicted molar refractivity (Wildman–Crippen MR) is 94.4 cm³/mol. The highest BCUT2D eigenvalue weighted by molar-refractivity contribution is 7.90. The third-order valence-electron chi connectivity index (χ3n) is 4.23. The van der Waals surface area contributed by atoms with Crippen LogP contribution in [0.3, 0.4) is 0 Å². The highest BCUT2D eigenvalue weighted by atomic mass is 35.5. The number of nitrogens with one attached hydrogen (secondary N) is 1. The number of ether oxygens (including phenoxy) is 1. The van der Waals surface area contributed by atoms with Crippen molar-refractivity contribution in [3.8, 4) is 0 Å². The van der Waals surface area contributed by atoms with Crippen LogP contribution in [-0.2, 0) is 19.4 Å². The van der Waals surface area contributed by atoms with E-state index in [0.717, 1.165) is 25.2 Å². The minimum Gasteiger partial charge on any atom is -0.452 e. The molecule has 2 rings (SSSR count). The second kappa shape index (κ2) is 8.67. The molecule has 0 unspecified atom stereocenters. The Balaban J connectivity index is 1.88. The first-order valence-electron chi connectivity index (χ1n) is 8.21. The molecular formula is C17H22ClNO5S. The molecular weight excluding hydrogens is 366 g/mol. The van der Waals surface area contributed by atoms with Crippen LogP contribution in [-0.4, -0.2) is 39.7 Å². The molecule has 0 saturated heterocycles. The number of hydrogen-bond acceptors (Lipinski definition) is 5. The fraction of sp³-hybridized carbons (Fsp3) is 0.529. The quantitative estimate of drug-likeness (QED) is 0.758. The van der Waals surface area contributed by atoms with E-state index in [4.69, 9.17) is 16.3 Å². The molecule has 1 fully saturated rings. The van der Waals surface area contributed by atoms with Crippen LogP contribution >= 0.6 is 11.6 Å². The molecule has 1 N–H and O–H groups in total. The summed E-state index contributed by atoms with van der Waals surface area (Å²) in [5.41, 5.74) is -0.0790. The second-order valence-corrected chi connectivity index (χ2v) is 8.72. The number of esters is 1. The highest BCUT2D eigenvalue weighted by Gasteiger charge is 2.18. The van der Waals surface area contributed by atoms with Crippen molar-refractivity contribution in [2.75, 3.05) is 19.4 Å². The van der Waals surface area contributed by atoms with Crippen LogP contribution in [0.4, 0.5) is 0 Å². The first kappa shape index (κ1) is 19.7. The van der Waals surface area contributed by atoms with Gasteiger partial charge in [-0.15, -0.1) is 0 Å². The van der Waals surface area contributed by atoms with Gasteiger partial charge in [-0.1, -0.05) is 30.9 Å². The van der Waals surface area contributed by atoms with E-state index in [1.165, 1.54) is 31.4 Å². The largest absolute Gasteiger partial charge is 0.452 e. The fourth-order valence-corrected chi connectivity index (χ4v) is 3.64. The van der Waals surface area contributed by atoms with Gasteiger partial charge in [-0.25, -0.2) is 13.2 Å². The zero-order valence-corrected chi connectivity index (χ0v) is 15.7. The van der Waals surface area contributed by atoms with Crippen LogP contribution < -0.4 is 5.32 Å². The van der Waals surface area contributed by atoms with Crippen LogP contribution in [0.1, 0.15) is 42.5 Å². The lowest BCUT2D eigenvalue weighted by Gasteiger charge is -2.21. The number of amides is 1. The third kappa shape index (κ3) is 6.01. The average Bonchev–Trinajstić information content (AvgIpc) is 2.58. The number of rotatable bonds is 6. The average molecular weight is 388 g/mol. The molecule has 0 heterocycles. The molecule has 1 aliphatic rings. The fourth-order valence-electron chi connectivity index (χ4n) is 2.80. The molecule has 0 aliphatic heterocycles. The van der Waals surface area contributed by atoms with Gasteiger partial charge < -0.3 is 10.1 Å². The van der Waals surface area contributed by atoms with Crippen molar-refractivity contribution in [2.24, 2.45) is 5.92 Å². The summed E-state index contributed by atoms with van der Waals surface area (Å²) in [5, 5.41) is 2.83. The summed E-state index contributed by atoms with van der Waals surface area (Å²) in [6.45, 7) is 0.158. The zero-order valence-electron chi connectivity index (χ0n) is 14.1. The topological polar surface area (TPSA) is 89.5 Å². The molecule has 0 radical (unpaired) electrons. The van der Waals surface area contributed by atoms with Gasteiger partial charge in [0, 0.05) is 12.8 Å². The molecule has 6 nitrogen and oxygen atoms in total. The summed E-state index contributed by atoms with van der Waals surface area (Å²) in [6.07, 6.45) is 6.86. The molecule has 0 bridgehead atoms. The van der Waals surface area contributed by atoms with Crippen molar-refractivity contribution >= 4 is 33.3 Å². The lowest BCUT2D eigenvalue weighted by molar-refractivity contribution is -0.124. The predicted octanol–water partition coefficient (Wildman–Crippen LogP) is 2.60. The van der Waals surface area contributed by atoms with Gasteiger partial charge in [-0.05, 0) is 37.0 Å². The number of hydrogen-bond donors (Lipinski definition) is 1. The maximum Gasteiger partial charge on any atom is 0.340 e. The SMILES string of the molecule is CS(=O)(=O)c1ccc(Cl)c(C(=O)OCC(=O)NCC2CCCCC2)c1. The summed E-state index contributed by atoms with van der Waals surface area (Å²) in [6, 6.07) is 3.78. The monoisotopic (exact) mass is 387 g/mol. The smallest absolute Gasteiger partial charge is 0.340 e. The van der Waals surface area contributed by atoms with Gasteiger partial charge in [0.25, 0.3) is 5.91 Å². The minimum atomic E-state index is -3.47. The maximum atomic E-state index is 12.1. The van der Waals surface area contributed by atoms with Crippen molar-refractivity contribution in [3.63, 3.8) is 0 Å². The third-order valence-corrected chi connectivity index (χ3v) is 5.67. The van der Waals surface area contributed by atoms with Crippen molar-refractivity contribution in [3.05, 3.63) is 28.8 Å². The number of carbonyl (C=O) groups excluding carboxylic acids is 2. The Morgan fingerprint density at radius 2 is 1.92 bits per heavy atom. The summed E-state index contributed by atoms with van der Waals surface area (Å²) in [4.78, 5) is 23.9. The van der Waals surface area contributed by atoms with E-state index < -0.39 is 22.4 Å². The molecule has 1 aromatic rings. The van der Waals surface area contributed by atoms with Gasteiger partial charge >= 0.3 is 5.97 Å². The molecule has 1 aliphatic carbocycles. The minimum absolute atomic E-state index is 0.0365. The van der Waals surface area contributed by atoms with Crippen molar-refractivity contribution < 1.29 is 22.7 Å². The van der Waals surface area contributed by atoms with E-state index in [0.29, 0.717) is 12.5 Å². The molecule has 0 spiro atoms. The normalized spacial score (nSPS) is 15.6. The zero-order chi connectivity index (χ0) is 18.4. The van der Waals surface area contributed by atoms with E-state index in [1.807, 2.05) is 0 Å². The van der Waals surface area contributed by atoms with E-state index in [2.05, 4.69) is 5.32 Å². The van der Waals surface area contributed by atoms with Crippen molar-refractivity contribution in [2.45, 2.75) is 37.0 Å². The van der Waals surface area contributed by atoms with Gasteiger partial charge in [0.05, 0.1) is 15.5 Å². The lowest BCUT2D eigenvalue weighted by atomic mass is 9.89. The number of carbonyl (C=O) groups is 2. The van der Waals surface area contributed by atoms with Gasteiger partial charge in [0.15, 0.2) is 16.4 Å². The first-order chi connectivity index (χ1) is 11.8. The molecule has 0 atom stereocenters. The standard InChI is InChI=1S/C17H22ClNO5S/c1-25(22,23)13-7-8-15(18)14(9-13)17(21)24-11-16(20)19-10-12-5-3-2-4-6-12/h7-9,12H,2-6,10-11H2,1H3,(H,19,20). The van der Waals surface area contributed by atoms with E-state index >= 15 is 0 Å². The number of sulfone groups is 1. The van der Waals surface area contributed by atoms with Crippen LogP contribution in [0.15, 0.2) is 23.1 Å². The van der Waals surface area contributed by atoms with Crippen molar-refractivity contribution in [1.29, 1.82) is 0 Å².